The molecule has 0 aliphatic carbocycles. The van der Waals surface area contributed by atoms with E-state index in [0.717, 1.165) is 19.6 Å². The molecule has 0 N–H and O–H groups in total. The molecule has 1 aromatic carbocycles. The van der Waals surface area contributed by atoms with Crippen LogP contribution in [0.4, 0.5) is 0 Å². The molecule has 9 heteroatoms. The van der Waals surface area contributed by atoms with Gasteiger partial charge in [-0.2, -0.15) is 4.68 Å². The highest BCUT2D eigenvalue weighted by atomic mass is 35.5. The predicted molar refractivity (Wildman–Crippen MR) is 85.8 cm³/mol. The number of fused-ring (bicyclic) bond motifs is 1. The minimum absolute atomic E-state index is 0.637. The number of para-hydroxylation sites is 1. The first-order chi connectivity index (χ1) is 10.3. The van der Waals surface area contributed by atoms with Gasteiger partial charge in [0.2, 0.25) is 5.16 Å². The second-order valence-electron chi connectivity index (χ2n) is 4.00. The number of halogens is 1. The van der Waals surface area contributed by atoms with Gasteiger partial charge in [-0.1, -0.05) is 23.7 Å². The monoisotopic (exact) mass is 351 g/mol. The zero-order chi connectivity index (χ0) is 14.2. The lowest BCUT2D eigenvalue weighted by Gasteiger charge is -1.99. The van der Waals surface area contributed by atoms with Crippen molar-refractivity contribution in [2.24, 2.45) is 0 Å². The number of benzene rings is 1. The van der Waals surface area contributed by atoms with Crippen LogP contribution in [-0.2, 0) is 0 Å². The van der Waals surface area contributed by atoms with Crippen LogP contribution < -0.4 is 0 Å². The smallest absolute Gasteiger partial charge is 0.222 e. The molecule has 3 heterocycles. The molecule has 0 amide bonds. The average molecular weight is 352 g/mol. The van der Waals surface area contributed by atoms with Crippen LogP contribution in [0.2, 0.25) is 5.02 Å². The number of tetrazole rings is 1. The number of thiophene rings is 1. The predicted octanol–water partition coefficient (Wildman–Crippen LogP) is 4.14. The van der Waals surface area contributed by atoms with E-state index in [1.54, 1.807) is 16.0 Å². The van der Waals surface area contributed by atoms with Gasteiger partial charge in [0.05, 0.1) is 15.2 Å². The molecule has 3 aromatic heterocycles. The van der Waals surface area contributed by atoms with Crippen LogP contribution in [0.15, 0.2) is 45.2 Å². The molecule has 5 nitrogen and oxygen atoms in total. The summed E-state index contributed by atoms with van der Waals surface area (Å²) < 4.78 is 3.69. The van der Waals surface area contributed by atoms with Gasteiger partial charge >= 0.3 is 0 Å². The van der Waals surface area contributed by atoms with Crippen molar-refractivity contribution in [3.63, 3.8) is 0 Å². The van der Waals surface area contributed by atoms with E-state index in [0.29, 0.717) is 10.2 Å². The van der Waals surface area contributed by atoms with Gasteiger partial charge < -0.3 is 0 Å². The topological polar surface area (TPSA) is 56.5 Å². The Hall–Kier alpha value is -1.48. The Bertz CT molecular complexity index is 879. The van der Waals surface area contributed by atoms with E-state index in [-0.39, 0.29) is 0 Å². The molecule has 21 heavy (non-hydrogen) atoms. The number of aromatic nitrogens is 5. The summed E-state index contributed by atoms with van der Waals surface area (Å²) in [6.07, 6.45) is 0. The lowest BCUT2D eigenvalue weighted by Crippen LogP contribution is -1.96. The molecule has 4 rings (SSSR count). The third-order valence-electron chi connectivity index (χ3n) is 2.68. The van der Waals surface area contributed by atoms with Crippen LogP contribution in [0, 0.1) is 0 Å². The molecular formula is C12H6ClN5S3. The maximum Gasteiger partial charge on any atom is 0.222 e. The fraction of sp³-hybridized carbons (Fsp3) is 0. The molecule has 0 spiro atoms. The molecule has 0 unspecified atom stereocenters. The SMILES string of the molecule is Clc1ccsc1-n1nnnc1Sc1nc2ccccc2s1. The first-order valence-corrected chi connectivity index (χ1v) is 8.75. The number of rotatable bonds is 3. The van der Waals surface area contributed by atoms with Gasteiger partial charge in [-0.15, -0.1) is 27.8 Å². The first kappa shape index (κ1) is 13.2. The second kappa shape index (κ2) is 5.38. The molecule has 4 aromatic rings. The Balaban J connectivity index is 1.72. The summed E-state index contributed by atoms with van der Waals surface area (Å²) in [7, 11) is 0. The Labute approximate surface area is 136 Å². The third kappa shape index (κ3) is 2.44. The van der Waals surface area contributed by atoms with Crippen LogP contribution in [0.5, 0.6) is 0 Å². The number of thiazole rings is 1. The summed E-state index contributed by atoms with van der Waals surface area (Å²) in [4.78, 5) is 4.58. The molecule has 104 valence electrons. The molecule has 0 radical (unpaired) electrons. The summed E-state index contributed by atoms with van der Waals surface area (Å²) in [5, 5.41) is 15.8. The zero-order valence-corrected chi connectivity index (χ0v) is 13.5. The van der Waals surface area contributed by atoms with Crippen LogP contribution in [0.1, 0.15) is 0 Å². The third-order valence-corrected chi connectivity index (χ3v) is 6.02. The summed E-state index contributed by atoms with van der Waals surface area (Å²) >= 11 is 10.7. The van der Waals surface area contributed by atoms with Gasteiger partial charge in [0.25, 0.3) is 0 Å². The van der Waals surface area contributed by atoms with Gasteiger partial charge in [0, 0.05) is 0 Å². The van der Waals surface area contributed by atoms with Gasteiger partial charge in [0.15, 0.2) is 4.34 Å². The van der Waals surface area contributed by atoms with E-state index >= 15 is 0 Å². The molecule has 0 fully saturated rings. The first-order valence-electron chi connectivity index (χ1n) is 5.86. The van der Waals surface area contributed by atoms with Gasteiger partial charge in [0.1, 0.15) is 5.00 Å². The Kier molecular flexibility index (Phi) is 3.38. The van der Waals surface area contributed by atoms with Crippen LogP contribution >= 0.6 is 46.0 Å². The quantitative estimate of drug-likeness (QED) is 0.555. The van der Waals surface area contributed by atoms with Crippen LogP contribution in [0.3, 0.4) is 0 Å². The highest BCUT2D eigenvalue weighted by Crippen LogP contribution is 2.35. The maximum atomic E-state index is 6.14. The van der Waals surface area contributed by atoms with Crippen molar-refractivity contribution >= 4 is 56.3 Å². The maximum absolute atomic E-state index is 6.14. The lowest BCUT2D eigenvalue weighted by atomic mass is 10.3. The fourth-order valence-electron chi connectivity index (χ4n) is 1.78. The standard InChI is InChI=1S/C12H6ClN5S3/c13-7-5-6-19-10(7)18-11(15-16-17-18)21-12-14-8-3-1-2-4-9(8)20-12/h1-6H. The molecule has 0 atom stereocenters. The summed E-state index contributed by atoms with van der Waals surface area (Å²) in [5.41, 5.74) is 0.984. The minimum atomic E-state index is 0.637. The summed E-state index contributed by atoms with van der Waals surface area (Å²) in [6, 6.07) is 9.86. The van der Waals surface area contributed by atoms with E-state index in [2.05, 4.69) is 26.6 Å². The molecule has 0 saturated heterocycles. The van der Waals surface area contributed by atoms with E-state index < -0.39 is 0 Å². The molecule has 0 bridgehead atoms. The molecule has 0 saturated carbocycles. The van der Waals surface area contributed by atoms with Gasteiger partial charge in [-0.25, -0.2) is 4.98 Å². The van der Waals surface area contributed by atoms with E-state index in [1.807, 2.05) is 29.6 Å². The van der Waals surface area contributed by atoms with E-state index in [9.17, 15) is 0 Å². The number of hydrogen-bond acceptors (Lipinski definition) is 7. The Morgan fingerprint density at radius 1 is 1.19 bits per heavy atom. The highest BCUT2D eigenvalue weighted by Gasteiger charge is 2.15. The van der Waals surface area contributed by atoms with Crippen molar-refractivity contribution in [2.75, 3.05) is 0 Å². The van der Waals surface area contributed by atoms with Gasteiger partial charge in [-0.3, -0.25) is 0 Å². The normalized spacial score (nSPS) is 11.3. The summed E-state index contributed by atoms with van der Waals surface area (Å²) in [6.45, 7) is 0. The second-order valence-corrected chi connectivity index (χ2v) is 7.54. The van der Waals surface area contributed by atoms with Crippen molar-refractivity contribution in [3.8, 4) is 5.00 Å². The molecule has 0 aliphatic heterocycles. The molecular weight excluding hydrogens is 346 g/mol. The average Bonchev–Trinajstić information content (AvgIpc) is 3.17. The van der Waals surface area contributed by atoms with Gasteiger partial charge in [-0.05, 0) is 45.8 Å². The lowest BCUT2D eigenvalue weighted by molar-refractivity contribution is 0.768. The minimum Gasteiger partial charge on any atom is -0.229 e. The summed E-state index contributed by atoms with van der Waals surface area (Å²) in [5.74, 6) is 0. The largest absolute Gasteiger partial charge is 0.229 e. The van der Waals surface area contributed by atoms with Crippen molar-refractivity contribution in [2.45, 2.75) is 9.50 Å². The Morgan fingerprint density at radius 2 is 2.10 bits per heavy atom. The van der Waals surface area contributed by atoms with E-state index in [1.165, 1.54) is 23.1 Å². The van der Waals surface area contributed by atoms with Crippen molar-refractivity contribution < 1.29 is 0 Å². The van der Waals surface area contributed by atoms with Crippen molar-refractivity contribution in [3.05, 3.63) is 40.7 Å². The zero-order valence-electron chi connectivity index (χ0n) is 10.3. The van der Waals surface area contributed by atoms with Crippen molar-refractivity contribution in [1.29, 1.82) is 0 Å². The van der Waals surface area contributed by atoms with Crippen LogP contribution in [-0.4, -0.2) is 25.2 Å². The molecule has 0 aliphatic rings. The highest BCUT2D eigenvalue weighted by molar-refractivity contribution is 8.01. The Morgan fingerprint density at radius 3 is 2.90 bits per heavy atom. The van der Waals surface area contributed by atoms with Crippen LogP contribution in [0.25, 0.3) is 15.2 Å². The number of nitrogens with zero attached hydrogens (tertiary/aromatic N) is 5. The van der Waals surface area contributed by atoms with Crippen molar-refractivity contribution in [1.82, 2.24) is 25.2 Å². The van der Waals surface area contributed by atoms with E-state index in [4.69, 9.17) is 11.6 Å². The fourth-order valence-corrected chi connectivity index (χ4v) is 4.87. The number of hydrogen-bond donors (Lipinski definition) is 0.